The fourth-order valence-electron chi connectivity index (χ4n) is 3.27. The molecule has 0 saturated heterocycles. The maximum Gasteiger partial charge on any atom is 0.363 e. The molecule has 0 radical (unpaired) electrons. The summed E-state index contributed by atoms with van der Waals surface area (Å²) in [6.45, 7) is 14.4. The standard InChI is InChI=1S/C25H29NO3/c1-15-8-10-17(11-9-15)22-26-20(23(28)29-22)14-16-12-18(24(2,3)4)21(27)19(13-16)25(5,6)7/h8-14,27H,1-7H3. The molecule has 1 heterocycles. The summed E-state index contributed by atoms with van der Waals surface area (Å²) >= 11 is 0. The summed E-state index contributed by atoms with van der Waals surface area (Å²) in [6, 6.07) is 11.5. The Morgan fingerprint density at radius 3 is 1.93 bits per heavy atom. The number of hydrogen-bond acceptors (Lipinski definition) is 4. The summed E-state index contributed by atoms with van der Waals surface area (Å²) < 4.78 is 5.38. The number of phenolic OH excluding ortho intramolecular Hbond substituents is 1. The molecule has 0 atom stereocenters. The Bertz CT molecular complexity index is 979. The molecule has 29 heavy (non-hydrogen) atoms. The van der Waals surface area contributed by atoms with Crippen LogP contribution in [0.25, 0.3) is 6.08 Å². The molecule has 4 heteroatoms. The maximum absolute atomic E-state index is 12.4. The second kappa shape index (κ2) is 7.18. The Morgan fingerprint density at radius 2 is 1.45 bits per heavy atom. The highest BCUT2D eigenvalue weighted by atomic mass is 16.6. The molecule has 0 amide bonds. The van der Waals surface area contributed by atoms with E-state index in [2.05, 4.69) is 46.5 Å². The molecule has 0 aromatic heterocycles. The molecule has 0 unspecified atom stereocenters. The summed E-state index contributed by atoms with van der Waals surface area (Å²) in [6.07, 6.45) is 1.73. The van der Waals surface area contributed by atoms with E-state index in [1.807, 2.05) is 43.3 Å². The van der Waals surface area contributed by atoms with Crippen LogP contribution in [0, 0.1) is 6.92 Å². The van der Waals surface area contributed by atoms with E-state index < -0.39 is 5.97 Å². The minimum absolute atomic E-state index is 0.245. The van der Waals surface area contributed by atoms with Gasteiger partial charge in [0, 0.05) is 16.7 Å². The van der Waals surface area contributed by atoms with Gasteiger partial charge in [0.15, 0.2) is 5.70 Å². The van der Waals surface area contributed by atoms with Crippen molar-refractivity contribution < 1.29 is 14.6 Å². The van der Waals surface area contributed by atoms with Crippen LogP contribution in [0.2, 0.25) is 0 Å². The van der Waals surface area contributed by atoms with Crippen LogP contribution in [0.5, 0.6) is 5.75 Å². The average Bonchev–Trinajstić information content (AvgIpc) is 2.95. The van der Waals surface area contributed by atoms with Crippen LogP contribution in [0.3, 0.4) is 0 Å². The number of cyclic esters (lactones) is 1. The minimum atomic E-state index is -0.469. The fraction of sp³-hybridized carbons (Fsp3) is 0.360. The summed E-state index contributed by atoms with van der Waals surface area (Å²) in [4.78, 5) is 16.8. The monoisotopic (exact) mass is 391 g/mol. The molecule has 1 aliphatic heterocycles. The first-order valence-electron chi connectivity index (χ1n) is 9.84. The summed E-state index contributed by atoms with van der Waals surface area (Å²) in [7, 11) is 0. The van der Waals surface area contributed by atoms with Crippen molar-refractivity contribution in [1.29, 1.82) is 0 Å². The topological polar surface area (TPSA) is 58.9 Å². The molecule has 0 saturated carbocycles. The van der Waals surface area contributed by atoms with E-state index >= 15 is 0 Å². The number of nitrogens with zero attached hydrogens (tertiary/aromatic N) is 1. The van der Waals surface area contributed by atoms with E-state index in [0.717, 1.165) is 27.8 Å². The molecular formula is C25H29NO3. The number of aryl methyl sites for hydroxylation is 1. The van der Waals surface area contributed by atoms with E-state index in [9.17, 15) is 9.90 Å². The van der Waals surface area contributed by atoms with Crippen molar-refractivity contribution >= 4 is 17.9 Å². The molecule has 3 rings (SSSR count). The predicted octanol–water partition coefficient (Wildman–Crippen LogP) is 5.64. The van der Waals surface area contributed by atoms with Gasteiger partial charge in [-0.1, -0.05) is 59.2 Å². The van der Waals surface area contributed by atoms with Crippen LogP contribution in [0.15, 0.2) is 47.1 Å². The number of benzene rings is 2. The zero-order chi connectivity index (χ0) is 21.6. The van der Waals surface area contributed by atoms with Gasteiger partial charge >= 0.3 is 5.97 Å². The smallest absolute Gasteiger partial charge is 0.363 e. The van der Waals surface area contributed by atoms with Gasteiger partial charge in [-0.15, -0.1) is 0 Å². The van der Waals surface area contributed by atoms with Crippen molar-refractivity contribution in [2.75, 3.05) is 0 Å². The SMILES string of the molecule is Cc1ccc(C2=NC(=Cc3cc(C(C)(C)C)c(O)c(C(C)(C)C)c3)C(=O)O2)cc1. The van der Waals surface area contributed by atoms with Crippen molar-refractivity contribution in [2.24, 2.45) is 4.99 Å². The number of carbonyl (C=O) groups is 1. The quantitative estimate of drug-likeness (QED) is 0.532. The molecule has 2 aromatic rings. The van der Waals surface area contributed by atoms with Gasteiger partial charge in [-0.25, -0.2) is 9.79 Å². The van der Waals surface area contributed by atoms with Gasteiger partial charge in [0.1, 0.15) is 5.75 Å². The molecule has 2 aromatic carbocycles. The predicted molar refractivity (Wildman–Crippen MR) is 117 cm³/mol. The van der Waals surface area contributed by atoms with Gasteiger partial charge in [0.25, 0.3) is 0 Å². The van der Waals surface area contributed by atoms with E-state index in [-0.39, 0.29) is 16.5 Å². The Hall–Kier alpha value is -2.88. The van der Waals surface area contributed by atoms with Gasteiger partial charge < -0.3 is 9.84 Å². The second-order valence-corrected chi connectivity index (χ2v) is 9.67. The largest absolute Gasteiger partial charge is 0.507 e. The van der Waals surface area contributed by atoms with E-state index in [1.54, 1.807) is 6.08 Å². The first-order chi connectivity index (χ1) is 13.4. The van der Waals surface area contributed by atoms with Gasteiger partial charge in [-0.2, -0.15) is 0 Å². The first-order valence-corrected chi connectivity index (χ1v) is 9.84. The van der Waals surface area contributed by atoms with E-state index in [0.29, 0.717) is 11.6 Å². The highest BCUT2D eigenvalue weighted by Gasteiger charge is 2.28. The fourth-order valence-corrected chi connectivity index (χ4v) is 3.27. The molecule has 1 N–H and O–H groups in total. The van der Waals surface area contributed by atoms with Crippen LogP contribution in [0.4, 0.5) is 0 Å². The number of ether oxygens (including phenoxy) is 1. The first kappa shape index (κ1) is 20.8. The van der Waals surface area contributed by atoms with Crippen molar-refractivity contribution in [2.45, 2.75) is 59.3 Å². The minimum Gasteiger partial charge on any atom is -0.507 e. The van der Waals surface area contributed by atoms with E-state index in [1.165, 1.54) is 0 Å². The lowest BCUT2D eigenvalue weighted by molar-refractivity contribution is -0.129. The van der Waals surface area contributed by atoms with Gasteiger partial charge in [0.05, 0.1) is 0 Å². The molecule has 0 fully saturated rings. The number of aliphatic imine (C=N–C) groups is 1. The van der Waals surface area contributed by atoms with Crippen LogP contribution in [-0.2, 0) is 20.4 Å². The van der Waals surface area contributed by atoms with Gasteiger partial charge in [-0.3, -0.25) is 0 Å². The second-order valence-electron chi connectivity index (χ2n) is 9.67. The zero-order valence-corrected chi connectivity index (χ0v) is 18.3. The summed E-state index contributed by atoms with van der Waals surface area (Å²) in [5.41, 5.74) is 4.16. The Balaban J connectivity index is 2.09. The van der Waals surface area contributed by atoms with Crippen molar-refractivity contribution in [3.05, 3.63) is 69.9 Å². The molecule has 152 valence electrons. The van der Waals surface area contributed by atoms with Crippen molar-refractivity contribution in [3.8, 4) is 5.75 Å². The van der Waals surface area contributed by atoms with Crippen molar-refractivity contribution in [1.82, 2.24) is 0 Å². The van der Waals surface area contributed by atoms with Gasteiger partial charge in [0.2, 0.25) is 5.90 Å². The number of aromatic hydroxyl groups is 1. The Kier molecular flexibility index (Phi) is 5.16. The third-order valence-corrected chi connectivity index (χ3v) is 4.97. The third-order valence-electron chi connectivity index (χ3n) is 4.97. The lowest BCUT2D eigenvalue weighted by Crippen LogP contribution is -2.17. The molecular weight excluding hydrogens is 362 g/mol. The highest BCUT2D eigenvalue weighted by Crippen LogP contribution is 2.40. The van der Waals surface area contributed by atoms with Crippen LogP contribution >= 0.6 is 0 Å². The number of phenols is 1. The lowest BCUT2D eigenvalue weighted by atomic mass is 9.78. The molecule has 1 aliphatic rings. The lowest BCUT2D eigenvalue weighted by Gasteiger charge is -2.27. The number of carbonyl (C=O) groups excluding carboxylic acids is 1. The Morgan fingerprint density at radius 1 is 0.931 bits per heavy atom. The molecule has 0 aliphatic carbocycles. The van der Waals surface area contributed by atoms with Crippen LogP contribution in [0.1, 0.15) is 69.4 Å². The number of esters is 1. The zero-order valence-electron chi connectivity index (χ0n) is 18.3. The average molecular weight is 392 g/mol. The maximum atomic E-state index is 12.4. The van der Waals surface area contributed by atoms with Crippen molar-refractivity contribution in [3.63, 3.8) is 0 Å². The number of hydrogen-bond donors (Lipinski definition) is 1. The molecule has 4 nitrogen and oxygen atoms in total. The van der Waals surface area contributed by atoms with Crippen LogP contribution in [-0.4, -0.2) is 17.0 Å². The third kappa shape index (κ3) is 4.42. The van der Waals surface area contributed by atoms with Crippen LogP contribution < -0.4 is 0 Å². The summed E-state index contributed by atoms with van der Waals surface area (Å²) in [5.74, 6) is 0.153. The van der Waals surface area contributed by atoms with E-state index in [4.69, 9.17) is 4.74 Å². The Labute approximate surface area is 173 Å². The molecule has 0 bridgehead atoms. The normalized spacial score (nSPS) is 16.2. The summed E-state index contributed by atoms with van der Waals surface area (Å²) in [5, 5.41) is 10.9. The molecule has 0 spiro atoms. The number of rotatable bonds is 2. The van der Waals surface area contributed by atoms with Gasteiger partial charge in [-0.05, 0) is 53.7 Å². The highest BCUT2D eigenvalue weighted by molar-refractivity contribution is 6.12.